The summed E-state index contributed by atoms with van der Waals surface area (Å²) in [7, 11) is 0. The first kappa shape index (κ1) is 17.0. The Hall–Kier alpha value is -2.44. The lowest BCUT2D eigenvalue weighted by molar-refractivity contribution is 0.427. The van der Waals surface area contributed by atoms with Gasteiger partial charge in [-0.25, -0.2) is 13.8 Å². The number of phenolic OH excluding ortho intramolecular Hbond substituents is 1. The number of rotatable bonds is 1. The van der Waals surface area contributed by atoms with Gasteiger partial charge in [0.25, 0.3) is 0 Å². The number of hydrogen-bond acceptors (Lipinski definition) is 4. The topological polar surface area (TPSA) is 48.2 Å². The van der Waals surface area contributed by atoms with Gasteiger partial charge in [0.1, 0.15) is 11.7 Å². The summed E-state index contributed by atoms with van der Waals surface area (Å²) < 4.78 is 29.1. The summed E-state index contributed by atoms with van der Waals surface area (Å²) >= 11 is 12.6. The normalized spacial score (nSPS) is 15.8. The van der Waals surface area contributed by atoms with Crippen LogP contribution < -0.4 is 4.90 Å². The second kappa shape index (κ2) is 6.37. The van der Waals surface area contributed by atoms with Crippen LogP contribution in [0.5, 0.6) is 5.75 Å². The van der Waals surface area contributed by atoms with Gasteiger partial charge in [-0.15, -0.1) is 0 Å². The molecule has 2 aromatic rings. The van der Waals surface area contributed by atoms with E-state index < -0.39 is 22.9 Å². The van der Waals surface area contributed by atoms with Gasteiger partial charge in [-0.2, -0.15) is 0 Å². The molecule has 4 nitrogen and oxygen atoms in total. The molecule has 0 saturated heterocycles. The molecule has 0 bridgehead atoms. The quantitative estimate of drug-likeness (QED) is 0.771. The lowest BCUT2D eigenvalue weighted by Gasteiger charge is -2.27. The molecule has 0 radical (unpaired) electrons. The summed E-state index contributed by atoms with van der Waals surface area (Å²) in [6, 6.07) is 5.24. The monoisotopic (exact) mass is 393 g/mol. The molecule has 0 unspecified atom stereocenters. The molecule has 132 valence electrons. The number of halogens is 4. The highest BCUT2D eigenvalue weighted by atomic mass is 35.5. The maximum atomic E-state index is 14.6. The van der Waals surface area contributed by atoms with Crippen LogP contribution >= 0.6 is 23.2 Å². The van der Waals surface area contributed by atoms with Gasteiger partial charge in [-0.1, -0.05) is 23.2 Å². The van der Waals surface area contributed by atoms with Gasteiger partial charge < -0.3 is 10.0 Å². The van der Waals surface area contributed by atoms with Gasteiger partial charge in [0.2, 0.25) is 0 Å². The van der Waals surface area contributed by atoms with E-state index in [0.717, 1.165) is 12.1 Å². The van der Waals surface area contributed by atoms with E-state index in [4.69, 9.17) is 23.2 Å². The van der Waals surface area contributed by atoms with E-state index in [1.165, 1.54) is 0 Å². The van der Waals surface area contributed by atoms with Crippen LogP contribution in [0.25, 0.3) is 0 Å². The van der Waals surface area contributed by atoms with Crippen LogP contribution in [0.15, 0.2) is 46.5 Å². The summed E-state index contributed by atoms with van der Waals surface area (Å²) in [6.45, 7) is 0.606. The highest BCUT2D eigenvalue weighted by molar-refractivity contribution is 6.45. The Balaban J connectivity index is 2.05. The molecule has 0 saturated carbocycles. The lowest BCUT2D eigenvalue weighted by Crippen LogP contribution is -2.34. The number of aromatic hydroxyl groups is 1. The summed E-state index contributed by atoms with van der Waals surface area (Å²) in [5.41, 5.74) is 0.406. The largest absolute Gasteiger partial charge is 0.505 e. The molecule has 0 aliphatic carbocycles. The first-order valence-electron chi connectivity index (χ1n) is 7.68. The third kappa shape index (κ3) is 2.57. The number of nitrogens with zero attached hydrogens (tertiary/aromatic N) is 3. The lowest BCUT2D eigenvalue weighted by atomic mass is 9.98. The number of fused-ring (bicyclic) bond motifs is 3. The fourth-order valence-corrected chi connectivity index (χ4v) is 3.42. The molecule has 8 heteroatoms. The van der Waals surface area contributed by atoms with E-state index in [1.807, 2.05) is 11.0 Å². The van der Waals surface area contributed by atoms with Crippen molar-refractivity contribution in [1.82, 2.24) is 0 Å². The van der Waals surface area contributed by atoms with Gasteiger partial charge >= 0.3 is 0 Å². The average molecular weight is 394 g/mol. The second-order valence-electron chi connectivity index (χ2n) is 5.72. The molecule has 2 aliphatic rings. The van der Waals surface area contributed by atoms with Gasteiger partial charge in [0.15, 0.2) is 11.6 Å². The number of phenols is 1. The van der Waals surface area contributed by atoms with E-state index >= 15 is 0 Å². The smallest absolute Gasteiger partial charge is 0.177 e. The van der Waals surface area contributed by atoms with Crippen molar-refractivity contribution in [2.24, 2.45) is 9.98 Å². The average Bonchev–Trinajstić information content (AvgIpc) is 2.80. The Morgan fingerprint density at radius 1 is 1.08 bits per heavy atom. The van der Waals surface area contributed by atoms with Crippen molar-refractivity contribution in [2.45, 2.75) is 0 Å². The standard InChI is InChI=1S/C18H11Cl2F2N3O/c19-9-2-4-11-15(16(9)20)18(14-10(21)3-5-12(26)17(14)22)24-8-13-23-6-1-7-25(11)13/h1-6,26H,7-8H2. The van der Waals surface area contributed by atoms with Gasteiger partial charge in [0, 0.05) is 18.3 Å². The van der Waals surface area contributed by atoms with Crippen LogP contribution in [-0.4, -0.2) is 29.7 Å². The number of anilines is 1. The van der Waals surface area contributed by atoms with Crippen LogP contribution in [0, 0.1) is 11.6 Å². The SMILES string of the molecule is Oc1ccc(F)c(C2=NCC3=NC=CCN3c3ccc(Cl)c(Cl)c32)c1F. The second-order valence-corrected chi connectivity index (χ2v) is 6.50. The Labute approximate surface area is 157 Å². The number of benzene rings is 2. The van der Waals surface area contributed by atoms with E-state index in [1.54, 1.807) is 18.3 Å². The van der Waals surface area contributed by atoms with Gasteiger partial charge in [-0.05, 0) is 30.3 Å². The molecule has 1 N–H and O–H groups in total. The minimum atomic E-state index is -1.11. The minimum Gasteiger partial charge on any atom is -0.505 e. The minimum absolute atomic E-state index is 0.0181. The van der Waals surface area contributed by atoms with Crippen LogP contribution in [0.1, 0.15) is 11.1 Å². The number of aliphatic imine (C=N–C) groups is 2. The van der Waals surface area contributed by atoms with Crippen molar-refractivity contribution < 1.29 is 13.9 Å². The third-order valence-electron chi connectivity index (χ3n) is 4.22. The Morgan fingerprint density at radius 2 is 1.88 bits per heavy atom. The van der Waals surface area contributed by atoms with E-state index in [0.29, 0.717) is 23.6 Å². The van der Waals surface area contributed by atoms with Crippen LogP contribution in [0.3, 0.4) is 0 Å². The summed E-state index contributed by atoms with van der Waals surface area (Å²) in [5.74, 6) is -2.03. The highest BCUT2D eigenvalue weighted by Gasteiger charge is 2.30. The number of amidine groups is 1. The van der Waals surface area contributed by atoms with Crippen molar-refractivity contribution in [3.05, 3.63) is 69.3 Å². The maximum absolute atomic E-state index is 14.6. The molecule has 2 aromatic carbocycles. The van der Waals surface area contributed by atoms with Crippen molar-refractivity contribution in [3.8, 4) is 5.75 Å². The third-order valence-corrected chi connectivity index (χ3v) is 5.02. The highest BCUT2D eigenvalue weighted by Crippen LogP contribution is 2.39. The van der Waals surface area contributed by atoms with Crippen LogP contribution in [0.2, 0.25) is 10.0 Å². The zero-order valence-corrected chi connectivity index (χ0v) is 14.7. The molecule has 26 heavy (non-hydrogen) atoms. The van der Waals surface area contributed by atoms with E-state index in [9.17, 15) is 13.9 Å². The molecule has 0 aromatic heterocycles. The van der Waals surface area contributed by atoms with Crippen molar-refractivity contribution in [1.29, 1.82) is 0 Å². The zero-order chi connectivity index (χ0) is 18.4. The summed E-state index contributed by atoms with van der Waals surface area (Å²) in [4.78, 5) is 10.5. The molecule has 2 aliphatic heterocycles. The number of hydrogen-bond donors (Lipinski definition) is 1. The van der Waals surface area contributed by atoms with Crippen molar-refractivity contribution in [2.75, 3.05) is 18.0 Å². The Bertz CT molecular complexity index is 1020. The molecule has 2 heterocycles. The molecular formula is C18H11Cl2F2N3O. The molecule has 0 atom stereocenters. The zero-order valence-electron chi connectivity index (χ0n) is 13.2. The van der Waals surface area contributed by atoms with Crippen molar-refractivity contribution >= 4 is 40.4 Å². The summed E-state index contributed by atoms with van der Waals surface area (Å²) in [6.07, 6.45) is 3.50. The summed E-state index contributed by atoms with van der Waals surface area (Å²) in [5, 5.41) is 10.1. The molecule has 0 spiro atoms. The predicted octanol–water partition coefficient (Wildman–Crippen LogP) is 4.56. The van der Waals surface area contributed by atoms with E-state index in [-0.39, 0.29) is 22.3 Å². The predicted molar refractivity (Wildman–Crippen MR) is 98.9 cm³/mol. The van der Waals surface area contributed by atoms with Gasteiger partial charge in [0.05, 0.1) is 33.6 Å². The maximum Gasteiger partial charge on any atom is 0.177 e. The molecular weight excluding hydrogens is 383 g/mol. The molecule has 0 fully saturated rings. The molecule has 0 amide bonds. The molecule has 4 rings (SSSR count). The van der Waals surface area contributed by atoms with Crippen LogP contribution in [0.4, 0.5) is 14.5 Å². The van der Waals surface area contributed by atoms with Crippen LogP contribution in [-0.2, 0) is 0 Å². The fourth-order valence-electron chi connectivity index (χ4n) is 3.01. The Kier molecular flexibility index (Phi) is 4.17. The first-order valence-corrected chi connectivity index (χ1v) is 8.44. The van der Waals surface area contributed by atoms with Gasteiger partial charge in [-0.3, -0.25) is 4.99 Å². The fraction of sp³-hybridized carbons (Fsp3) is 0.111. The van der Waals surface area contributed by atoms with E-state index in [2.05, 4.69) is 9.98 Å². The Morgan fingerprint density at radius 3 is 2.69 bits per heavy atom. The van der Waals surface area contributed by atoms with Crippen molar-refractivity contribution in [3.63, 3.8) is 0 Å². The first-order chi connectivity index (χ1) is 12.5.